The molecule has 29 heavy (non-hydrogen) atoms. The number of nitrogens with zero attached hydrogens (tertiary/aromatic N) is 3. The monoisotopic (exact) mass is 408 g/mol. The summed E-state index contributed by atoms with van der Waals surface area (Å²) >= 11 is 6.19. The lowest BCUT2D eigenvalue weighted by molar-refractivity contribution is -0.121. The number of hydrogen-bond donors (Lipinski definition) is 1. The molecule has 0 aliphatic carbocycles. The summed E-state index contributed by atoms with van der Waals surface area (Å²) in [4.78, 5) is 28.9. The summed E-state index contributed by atoms with van der Waals surface area (Å²) in [5.41, 5.74) is 1.66. The predicted molar refractivity (Wildman–Crippen MR) is 115 cm³/mol. The molecule has 2 heterocycles. The average Bonchev–Trinajstić information content (AvgIpc) is 3.14. The number of halogens is 1. The van der Waals surface area contributed by atoms with Gasteiger partial charge in [-0.2, -0.15) is 0 Å². The highest BCUT2D eigenvalue weighted by molar-refractivity contribution is 6.35. The summed E-state index contributed by atoms with van der Waals surface area (Å²) in [7, 11) is 0. The fraction of sp³-hybridized carbons (Fsp3) is 0.227. The molecule has 1 N–H and O–H groups in total. The number of rotatable bonds is 7. The van der Waals surface area contributed by atoms with Crippen LogP contribution in [0.15, 0.2) is 65.8 Å². The van der Waals surface area contributed by atoms with Crippen molar-refractivity contribution in [1.82, 2.24) is 19.4 Å². The van der Waals surface area contributed by atoms with Gasteiger partial charge in [-0.15, -0.1) is 0 Å². The largest absolute Gasteiger partial charge is 0.354 e. The third-order valence-electron chi connectivity index (χ3n) is 4.97. The van der Waals surface area contributed by atoms with Gasteiger partial charge in [0, 0.05) is 48.2 Å². The lowest BCUT2D eigenvalue weighted by Gasteiger charge is -2.09. The van der Waals surface area contributed by atoms with Crippen molar-refractivity contribution in [3.63, 3.8) is 0 Å². The van der Waals surface area contributed by atoms with Gasteiger partial charge in [-0.25, -0.2) is 4.98 Å². The van der Waals surface area contributed by atoms with E-state index in [2.05, 4.69) is 14.9 Å². The Morgan fingerprint density at radius 3 is 2.76 bits per heavy atom. The van der Waals surface area contributed by atoms with E-state index in [4.69, 9.17) is 11.6 Å². The van der Waals surface area contributed by atoms with Crippen LogP contribution in [0.3, 0.4) is 0 Å². The molecule has 6 nitrogen and oxygen atoms in total. The van der Waals surface area contributed by atoms with Crippen molar-refractivity contribution in [3.05, 3.63) is 76.4 Å². The Hall–Kier alpha value is -3.12. The quantitative estimate of drug-likeness (QED) is 0.508. The molecule has 0 radical (unpaired) electrons. The van der Waals surface area contributed by atoms with Crippen LogP contribution >= 0.6 is 11.6 Å². The number of fused-ring (bicyclic) bond motifs is 2. The molecule has 0 atom stereocenters. The van der Waals surface area contributed by atoms with Gasteiger partial charge >= 0.3 is 0 Å². The van der Waals surface area contributed by atoms with Crippen molar-refractivity contribution >= 4 is 39.3 Å². The Kier molecular flexibility index (Phi) is 5.62. The Bertz CT molecular complexity index is 1230. The first-order chi connectivity index (χ1) is 14.1. The Morgan fingerprint density at radius 1 is 1.00 bits per heavy atom. The van der Waals surface area contributed by atoms with Gasteiger partial charge in [-0.1, -0.05) is 29.8 Å². The molecule has 0 aliphatic rings. The molecule has 7 heteroatoms. The number of aromatic nitrogens is 3. The Labute approximate surface area is 172 Å². The predicted octanol–water partition coefficient (Wildman–Crippen LogP) is 3.60. The molecule has 0 aliphatic heterocycles. The van der Waals surface area contributed by atoms with Gasteiger partial charge in [0.1, 0.15) is 0 Å². The third kappa shape index (κ3) is 4.17. The maximum absolute atomic E-state index is 12.4. The molecule has 0 unspecified atom stereocenters. The minimum Gasteiger partial charge on any atom is -0.354 e. The van der Waals surface area contributed by atoms with Crippen LogP contribution in [0.4, 0.5) is 0 Å². The molecular weight excluding hydrogens is 388 g/mol. The van der Waals surface area contributed by atoms with Gasteiger partial charge in [0.15, 0.2) is 0 Å². The number of carbonyl (C=O) groups excluding carboxylic acids is 1. The Balaban J connectivity index is 1.27. The van der Waals surface area contributed by atoms with Crippen molar-refractivity contribution in [2.75, 3.05) is 6.54 Å². The van der Waals surface area contributed by atoms with Crippen LogP contribution in [0.2, 0.25) is 5.02 Å². The van der Waals surface area contributed by atoms with Crippen LogP contribution in [0, 0.1) is 0 Å². The number of benzene rings is 2. The zero-order chi connectivity index (χ0) is 20.2. The van der Waals surface area contributed by atoms with Crippen molar-refractivity contribution in [3.8, 4) is 0 Å². The van der Waals surface area contributed by atoms with Crippen LogP contribution in [0.1, 0.15) is 12.8 Å². The van der Waals surface area contributed by atoms with E-state index in [1.165, 1.54) is 0 Å². The van der Waals surface area contributed by atoms with Crippen LogP contribution < -0.4 is 10.9 Å². The molecular formula is C22H21ClN4O2. The molecule has 148 valence electrons. The summed E-state index contributed by atoms with van der Waals surface area (Å²) in [5.74, 6) is -0.0266. The van der Waals surface area contributed by atoms with E-state index in [9.17, 15) is 9.59 Å². The van der Waals surface area contributed by atoms with Gasteiger partial charge in [-0.05, 0) is 36.8 Å². The topological polar surface area (TPSA) is 68.9 Å². The Morgan fingerprint density at radius 2 is 1.86 bits per heavy atom. The standard InChI is InChI=1S/C22H21ClN4O2/c23-18-6-3-8-20-16(18)10-13-26(20)14-11-24-21(28)9-4-12-27-15-25-19-7-2-1-5-17(19)22(27)29/h1-3,5-8,10,13,15H,4,9,11-12,14H2,(H,24,28). The fourth-order valence-electron chi connectivity index (χ4n) is 3.46. The maximum atomic E-state index is 12.4. The van der Waals surface area contributed by atoms with Gasteiger partial charge in [0.05, 0.1) is 17.2 Å². The highest BCUT2D eigenvalue weighted by atomic mass is 35.5. The number of nitrogens with one attached hydrogen (secondary N) is 1. The van der Waals surface area contributed by atoms with Gasteiger partial charge in [0.2, 0.25) is 5.91 Å². The highest BCUT2D eigenvalue weighted by Crippen LogP contribution is 2.23. The summed E-state index contributed by atoms with van der Waals surface area (Å²) in [6.07, 6.45) is 4.46. The molecule has 4 aromatic rings. The molecule has 0 saturated heterocycles. The second-order valence-electron chi connectivity index (χ2n) is 6.90. The van der Waals surface area contributed by atoms with Gasteiger partial charge < -0.3 is 9.88 Å². The van der Waals surface area contributed by atoms with Crippen molar-refractivity contribution < 1.29 is 4.79 Å². The highest BCUT2D eigenvalue weighted by Gasteiger charge is 2.07. The summed E-state index contributed by atoms with van der Waals surface area (Å²) in [6, 6.07) is 15.0. The van der Waals surface area contributed by atoms with E-state index >= 15 is 0 Å². The summed E-state index contributed by atoms with van der Waals surface area (Å²) in [5, 5.41) is 5.27. The van der Waals surface area contributed by atoms with E-state index in [1.54, 1.807) is 17.0 Å². The molecule has 0 bridgehead atoms. The number of amides is 1. The molecule has 0 spiro atoms. The lowest BCUT2D eigenvalue weighted by atomic mass is 10.2. The second kappa shape index (κ2) is 8.49. The first kappa shape index (κ1) is 19.2. The summed E-state index contributed by atoms with van der Waals surface area (Å²) in [6.45, 7) is 1.67. The number of para-hydroxylation sites is 1. The first-order valence-electron chi connectivity index (χ1n) is 9.58. The maximum Gasteiger partial charge on any atom is 0.261 e. The number of aryl methyl sites for hydroxylation is 1. The van der Waals surface area contributed by atoms with E-state index < -0.39 is 0 Å². The van der Waals surface area contributed by atoms with E-state index in [1.807, 2.05) is 48.7 Å². The zero-order valence-electron chi connectivity index (χ0n) is 15.8. The molecule has 2 aromatic carbocycles. The molecule has 0 saturated carbocycles. The minimum absolute atomic E-state index is 0.0266. The molecule has 1 amide bonds. The van der Waals surface area contributed by atoms with Gasteiger partial charge in [-0.3, -0.25) is 14.2 Å². The number of hydrogen-bond acceptors (Lipinski definition) is 3. The van der Waals surface area contributed by atoms with Crippen molar-refractivity contribution in [1.29, 1.82) is 0 Å². The third-order valence-corrected chi connectivity index (χ3v) is 5.30. The SMILES string of the molecule is O=C(CCCn1cnc2ccccc2c1=O)NCCn1ccc2c(Cl)cccc21. The molecule has 0 fully saturated rings. The minimum atomic E-state index is -0.0749. The van der Waals surface area contributed by atoms with E-state index in [0.717, 1.165) is 15.9 Å². The molecule has 2 aromatic heterocycles. The summed E-state index contributed by atoms with van der Waals surface area (Å²) < 4.78 is 3.63. The van der Waals surface area contributed by atoms with Crippen LogP contribution in [-0.2, 0) is 17.9 Å². The smallest absolute Gasteiger partial charge is 0.261 e. The van der Waals surface area contributed by atoms with E-state index in [0.29, 0.717) is 43.4 Å². The van der Waals surface area contributed by atoms with Crippen LogP contribution in [0.25, 0.3) is 21.8 Å². The normalized spacial score (nSPS) is 11.2. The zero-order valence-corrected chi connectivity index (χ0v) is 16.6. The lowest BCUT2D eigenvalue weighted by Crippen LogP contribution is -2.27. The first-order valence-corrected chi connectivity index (χ1v) is 9.95. The number of carbonyl (C=O) groups is 1. The molecule has 4 rings (SSSR count). The van der Waals surface area contributed by atoms with Gasteiger partial charge in [0.25, 0.3) is 5.56 Å². The van der Waals surface area contributed by atoms with Crippen LogP contribution in [-0.4, -0.2) is 26.6 Å². The second-order valence-corrected chi connectivity index (χ2v) is 7.30. The average molecular weight is 409 g/mol. The van der Waals surface area contributed by atoms with Crippen molar-refractivity contribution in [2.45, 2.75) is 25.9 Å². The van der Waals surface area contributed by atoms with Crippen LogP contribution in [0.5, 0.6) is 0 Å². The van der Waals surface area contributed by atoms with Crippen molar-refractivity contribution in [2.24, 2.45) is 0 Å². The fourth-order valence-corrected chi connectivity index (χ4v) is 3.69. The van der Waals surface area contributed by atoms with E-state index in [-0.39, 0.29) is 11.5 Å².